The minimum absolute atomic E-state index is 0.0564. The number of hydrogen-bond donors (Lipinski definition) is 0. The summed E-state index contributed by atoms with van der Waals surface area (Å²) in [6.45, 7) is 5.49. The highest BCUT2D eigenvalue weighted by Gasteiger charge is 2.29. The Morgan fingerprint density at radius 3 is 2.16 bits per heavy atom. The van der Waals surface area contributed by atoms with Gasteiger partial charge >= 0.3 is 0 Å². The van der Waals surface area contributed by atoms with E-state index >= 15 is 0 Å². The number of carbonyl (C=O) groups is 1. The molecule has 3 heterocycles. The number of amides is 1. The van der Waals surface area contributed by atoms with E-state index in [1.54, 1.807) is 7.11 Å². The molecule has 0 radical (unpaired) electrons. The number of morpholine rings is 1. The molecule has 8 nitrogen and oxygen atoms in total. The van der Waals surface area contributed by atoms with E-state index in [-0.39, 0.29) is 5.91 Å². The molecule has 1 amide bonds. The lowest BCUT2D eigenvalue weighted by molar-refractivity contribution is 0.0740. The van der Waals surface area contributed by atoms with Crippen LogP contribution in [-0.4, -0.2) is 80.4 Å². The molecule has 5 rings (SSSR count). The quantitative estimate of drug-likeness (QED) is 0.626. The number of ether oxygens (including phenoxy) is 2. The summed E-state index contributed by atoms with van der Waals surface area (Å²) in [7, 11) is 1.67. The van der Waals surface area contributed by atoms with Gasteiger partial charge in [-0.15, -0.1) is 0 Å². The number of nitrogens with zero attached hydrogens (tertiary/aromatic N) is 5. The molecule has 0 bridgehead atoms. The van der Waals surface area contributed by atoms with Crippen molar-refractivity contribution in [1.82, 2.24) is 14.9 Å². The molecule has 0 atom stereocenters. The van der Waals surface area contributed by atoms with Gasteiger partial charge in [0.2, 0.25) is 0 Å². The van der Waals surface area contributed by atoms with Crippen LogP contribution in [0.25, 0.3) is 11.0 Å². The van der Waals surface area contributed by atoms with Gasteiger partial charge in [-0.05, 0) is 36.4 Å². The third-order valence-corrected chi connectivity index (χ3v) is 6.07. The summed E-state index contributed by atoms with van der Waals surface area (Å²) in [5.74, 6) is 1.45. The Morgan fingerprint density at radius 1 is 0.844 bits per heavy atom. The third kappa shape index (κ3) is 4.05. The van der Waals surface area contributed by atoms with Crippen LogP contribution in [0.4, 0.5) is 11.5 Å². The molecule has 32 heavy (non-hydrogen) atoms. The van der Waals surface area contributed by atoms with Gasteiger partial charge in [-0.2, -0.15) is 0 Å². The Kier molecular flexibility index (Phi) is 5.77. The van der Waals surface area contributed by atoms with Crippen LogP contribution >= 0.6 is 0 Å². The van der Waals surface area contributed by atoms with E-state index in [1.807, 2.05) is 41.3 Å². The summed E-state index contributed by atoms with van der Waals surface area (Å²) in [5, 5.41) is 0. The van der Waals surface area contributed by atoms with Crippen molar-refractivity contribution in [3.05, 3.63) is 54.2 Å². The number of aromatic nitrogens is 2. The second kappa shape index (κ2) is 9.00. The summed E-state index contributed by atoms with van der Waals surface area (Å²) >= 11 is 0. The Labute approximate surface area is 187 Å². The van der Waals surface area contributed by atoms with E-state index in [4.69, 9.17) is 19.4 Å². The number of rotatable bonds is 4. The van der Waals surface area contributed by atoms with Gasteiger partial charge in [0.15, 0.2) is 11.5 Å². The molecule has 8 heteroatoms. The van der Waals surface area contributed by atoms with Gasteiger partial charge in [0, 0.05) is 45.0 Å². The van der Waals surface area contributed by atoms with Gasteiger partial charge in [-0.1, -0.05) is 12.1 Å². The first-order chi connectivity index (χ1) is 15.7. The van der Waals surface area contributed by atoms with Crippen molar-refractivity contribution in [2.24, 2.45) is 0 Å². The van der Waals surface area contributed by atoms with Crippen LogP contribution < -0.4 is 14.5 Å². The number of piperazine rings is 1. The fourth-order valence-corrected chi connectivity index (χ4v) is 4.24. The van der Waals surface area contributed by atoms with Gasteiger partial charge in [0.05, 0.1) is 31.4 Å². The number of benzene rings is 2. The third-order valence-electron chi connectivity index (χ3n) is 6.07. The first kappa shape index (κ1) is 20.5. The molecule has 1 aromatic heterocycles. The molecule has 3 aromatic rings. The molecule has 2 saturated heterocycles. The van der Waals surface area contributed by atoms with E-state index in [1.165, 1.54) is 0 Å². The molecule has 2 aliphatic rings. The van der Waals surface area contributed by atoms with Crippen LogP contribution in [0.3, 0.4) is 0 Å². The highest BCUT2D eigenvalue weighted by molar-refractivity contribution is 5.99. The summed E-state index contributed by atoms with van der Waals surface area (Å²) in [5.41, 5.74) is 3.11. The van der Waals surface area contributed by atoms with Gasteiger partial charge < -0.3 is 24.2 Å². The minimum Gasteiger partial charge on any atom is -0.497 e. The molecular formula is C24H27N5O3. The number of fused-ring (bicyclic) bond motifs is 1. The lowest BCUT2D eigenvalue weighted by Crippen LogP contribution is -2.49. The van der Waals surface area contributed by atoms with Crippen LogP contribution in [0.15, 0.2) is 48.5 Å². The first-order valence-electron chi connectivity index (χ1n) is 11.0. The normalized spacial score (nSPS) is 17.0. The molecule has 166 valence electrons. The number of anilines is 2. The van der Waals surface area contributed by atoms with Crippen molar-refractivity contribution in [3.63, 3.8) is 0 Å². The fraction of sp³-hybridized carbons (Fsp3) is 0.375. The lowest BCUT2D eigenvalue weighted by Gasteiger charge is -2.36. The van der Waals surface area contributed by atoms with Gasteiger partial charge in [-0.3, -0.25) is 4.79 Å². The van der Waals surface area contributed by atoms with E-state index < -0.39 is 0 Å². The van der Waals surface area contributed by atoms with Crippen LogP contribution in [0, 0.1) is 0 Å². The fourth-order valence-electron chi connectivity index (χ4n) is 4.24. The van der Waals surface area contributed by atoms with Crippen LogP contribution in [-0.2, 0) is 4.74 Å². The second-order valence-electron chi connectivity index (χ2n) is 7.96. The largest absolute Gasteiger partial charge is 0.497 e. The Hall–Kier alpha value is -3.39. The predicted octanol–water partition coefficient (Wildman–Crippen LogP) is 2.44. The summed E-state index contributed by atoms with van der Waals surface area (Å²) < 4.78 is 10.7. The van der Waals surface area contributed by atoms with E-state index in [0.717, 1.165) is 35.6 Å². The van der Waals surface area contributed by atoms with Crippen molar-refractivity contribution in [3.8, 4) is 5.75 Å². The highest BCUT2D eigenvalue weighted by Crippen LogP contribution is 2.25. The van der Waals surface area contributed by atoms with Crippen LogP contribution in [0.1, 0.15) is 10.5 Å². The highest BCUT2D eigenvalue weighted by atomic mass is 16.5. The Morgan fingerprint density at radius 2 is 1.50 bits per heavy atom. The second-order valence-corrected chi connectivity index (χ2v) is 7.96. The molecule has 0 saturated carbocycles. The van der Waals surface area contributed by atoms with E-state index in [0.29, 0.717) is 50.9 Å². The molecule has 2 fully saturated rings. The molecule has 2 aliphatic heterocycles. The van der Waals surface area contributed by atoms with Crippen molar-refractivity contribution in [2.45, 2.75) is 0 Å². The smallest absolute Gasteiger partial charge is 0.276 e. The lowest BCUT2D eigenvalue weighted by atomic mass is 10.2. The number of para-hydroxylation sites is 2. The Bertz CT molecular complexity index is 1090. The maximum atomic E-state index is 13.6. The van der Waals surface area contributed by atoms with Crippen molar-refractivity contribution in [1.29, 1.82) is 0 Å². The molecule has 0 spiro atoms. The molecule has 2 aromatic carbocycles. The average molecular weight is 434 g/mol. The number of carbonyl (C=O) groups excluding carboxylic acids is 1. The van der Waals surface area contributed by atoms with E-state index in [2.05, 4.69) is 21.9 Å². The molecular weight excluding hydrogens is 406 g/mol. The van der Waals surface area contributed by atoms with Crippen LogP contribution in [0.5, 0.6) is 5.75 Å². The summed E-state index contributed by atoms with van der Waals surface area (Å²) in [6.07, 6.45) is 0. The standard InChI is InChI=1S/C24H27N5O3/c1-31-19-8-6-18(7-9-19)27-10-12-29(13-11-27)24(30)22-23(28-14-16-32-17-15-28)26-21-5-3-2-4-20(21)25-22/h2-9H,10-17H2,1H3. The van der Waals surface area contributed by atoms with Crippen molar-refractivity contribution in [2.75, 3.05) is 69.4 Å². The van der Waals surface area contributed by atoms with Crippen LogP contribution in [0.2, 0.25) is 0 Å². The Balaban J connectivity index is 1.37. The molecule has 0 aliphatic carbocycles. The van der Waals surface area contributed by atoms with Crippen molar-refractivity contribution >= 4 is 28.4 Å². The van der Waals surface area contributed by atoms with Crippen molar-refractivity contribution < 1.29 is 14.3 Å². The average Bonchev–Trinajstić information content (AvgIpc) is 2.88. The zero-order chi connectivity index (χ0) is 21.9. The SMILES string of the molecule is COc1ccc(N2CCN(C(=O)c3nc4ccccc4nc3N3CCOCC3)CC2)cc1. The summed E-state index contributed by atoms with van der Waals surface area (Å²) in [6, 6.07) is 15.8. The maximum absolute atomic E-state index is 13.6. The van der Waals surface area contributed by atoms with Gasteiger partial charge in [0.1, 0.15) is 5.75 Å². The zero-order valence-corrected chi connectivity index (χ0v) is 18.2. The van der Waals surface area contributed by atoms with Gasteiger partial charge in [-0.25, -0.2) is 9.97 Å². The zero-order valence-electron chi connectivity index (χ0n) is 18.2. The monoisotopic (exact) mass is 433 g/mol. The number of methoxy groups -OCH3 is 1. The first-order valence-corrected chi connectivity index (χ1v) is 11.0. The van der Waals surface area contributed by atoms with E-state index in [9.17, 15) is 4.79 Å². The minimum atomic E-state index is -0.0564. The topological polar surface area (TPSA) is 71.0 Å². The maximum Gasteiger partial charge on any atom is 0.276 e. The predicted molar refractivity (Wildman–Crippen MR) is 124 cm³/mol. The summed E-state index contributed by atoms with van der Waals surface area (Å²) in [4.78, 5) is 29.5. The molecule has 0 unspecified atom stereocenters. The number of hydrogen-bond acceptors (Lipinski definition) is 7. The molecule has 0 N–H and O–H groups in total. The van der Waals surface area contributed by atoms with Gasteiger partial charge in [0.25, 0.3) is 5.91 Å².